The van der Waals surface area contributed by atoms with E-state index in [1.807, 2.05) is 26.8 Å². The van der Waals surface area contributed by atoms with Gasteiger partial charge in [0.1, 0.15) is 4.70 Å². The second kappa shape index (κ2) is 8.39. The topological polar surface area (TPSA) is 100 Å². The molecule has 1 aromatic carbocycles. The van der Waals surface area contributed by atoms with Gasteiger partial charge in [0, 0.05) is 25.3 Å². The van der Waals surface area contributed by atoms with Crippen LogP contribution in [0.3, 0.4) is 0 Å². The number of nitrogens with one attached hydrogen (secondary N) is 1. The van der Waals surface area contributed by atoms with E-state index in [1.165, 1.54) is 11.3 Å². The van der Waals surface area contributed by atoms with Crippen molar-refractivity contribution in [1.29, 1.82) is 0 Å². The first-order chi connectivity index (χ1) is 14.8. The number of likely N-dealkylation sites (tertiary alicyclic amines) is 1. The number of carbonyl (C=O) groups excluding carboxylic acids is 2. The zero-order chi connectivity index (χ0) is 22.2. The molecule has 1 aliphatic heterocycles. The van der Waals surface area contributed by atoms with Crippen molar-refractivity contribution in [2.45, 2.75) is 39.2 Å². The predicted molar refractivity (Wildman–Crippen MR) is 121 cm³/mol. The minimum absolute atomic E-state index is 0.0752. The van der Waals surface area contributed by atoms with Crippen LogP contribution in [0.4, 0.5) is 5.13 Å². The van der Waals surface area contributed by atoms with E-state index in [-0.39, 0.29) is 29.9 Å². The summed E-state index contributed by atoms with van der Waals surface area (Å²) >= 11 is 1.26. The Morgan fingerprint density at radius 1 is 1.26 bits per heavy atom. The highest BCUT2D eigenvalue weighted by atomic mass is 32.1. The molecule has 0 aliphatic carbocycles. The fraction of sp³-hybridized carbons (Fsp3) is 0.455. The van der Waals surface area contributed by atoms with Gasteiger partial charge >= 0.3 is 0 Å². The molecule has 0 saturated carbocycles. The number of rotatable bonds is 4. The molecule has 2 aromatic heterocycles. The highest BCUT2D eigenvalue weighted by Crippen LogP contribution is 2.33. The zero-order valence-electron chi connectivity index (χ0n) is 18.0. The Hall–Kier alpha value is -2.78. The van der Waals surface area contributed by atoms with E-state index in [4.69, 9.17) is 0 Å². The zero-order valence-corrected chi connectivity index (χ0v) is 18.8. The van der Waals surface area contributed by atoms with E-state index in [0.29, 0.717) is 39.8 Å². The summed E-state index contributed by atoms with van der Waals surface area (Å²) in [6, 6.07) is 8.94. The summed E-state index contributed by atoms with van der Waals surface area (Å²) in [6.07, 6.45) is 1.78. The van der Waals surface area contributed by atoms with Crippen molar-refractivity contribution in [3.63, 3.8) is 0 Å². The van der Waals surface area contributed by atoms with Crippen LogP contribution in [0.2, 0.25) is 0 Å². The molecule has 1 unspecified atom stereocenters. The monoisotopic (exact) mass is 441 g/mol. The lowest BCUT2D eigenvalue weighted by Gasteiger charge is -2.31. The standard InChI is InChI=1S/C22H27N5O3S/c1-22(2,3)27-18-17(16(25-27)20(30)26-11-7-8-14(12-26)13-28)31-21(23-18)24-19(29)15-9-5-4-6-10-15/h4-6,9-10,14,28H,7-8,11-13H2,1-3H3,(H,23,24,29). The van der Waals surface area contributed by atoms with Gasteiger partial charge in [0.25, 0.3) is 11.8 Å². The molecule has 0 bridgehead atoms. The van der Waals surface area contributed by atoms with Gasteiger partial charge in [-0.2, -0.15) is 10.1 Å². The van der Waals surface area contributed by atoms with Crippen LogP contribution in [0.5, 0.6) is 0 Å². The molecule has 3 heterocycles. The summed E-state index contributed by atoms with van der Waals surface area (Å²) in [6.45, 7) is 7.24. The Bertz CT molecular complexity index is 1100. The van der Waals surface area contributed by atoms with Gasteiger partial charge in [-0.1, -0.05) is 29.5 Å². The third-order valence-electron chi connectivity index (χ3n) is 5.38. The number of hydrogen-bond donors (Lipinski definition) is 2. The molecule has 4 rings (SSSR count). The smallest absolute Gasteiger partial charge is 0.275 e. The van der Waals surface area contributed by atoms with E-state index >= 15 is 0 Å². The lowest BCUT2D eigenvalue weighted by atomic mass is 9.99. The lowest BCUT2D eigenvalue weighted by molar-refractivity contribution is 0.0615. The lowest BCUT2D eigenvalue weighted by Crippen LogP contribution is -2.41. The molecule has 0 radical (unpaired) electrons. The number of aliphatic hydroxyl groups excluding tert-OH is 1. The van der Waals surface area contributed by atoms with Gasteiger partial charge in [-0.3, -0.25) is 14.9 Å². The van der Waals surface area contributed by atoms with Crippen LogP contribution >= 0.6 is 11.3 Å². The molecule has 31 heavy (non-hydrogen) atoms. The largest absolute Gasteiger partial charge is 0.396 e. The van der Waals surface area contributed by atoms with Crippen molar-refractivity contribution in [2.24, 2.45) is 5.92 Å². The SMILES string of the molecule is CC(C)(C)n1nc(C(=O)N2CCCC(CO)C2)c2sc(NC(=O)c3ccccc3)nc21. The van der Waals surface area contributed by atoms with Crippen LogP contribution in [-0.2, 0) is 5.54 Å². The summed E-state index contributed by atoms with van der Waals surface area (Å²) in [4.78, 5) is 32.3. The number of hydrogen-bond acceptors (Lipinski definition) is 6. The van der Waals surface area contributed by atoms with Gasteiger partial charge in [0.2, 0.25) is 0 Å². The number of benzene rings is 1. The molecule has 9 heteroatoms. The molecule has 1 saturated heterocycles. The van der Waals surface area contributed by atoms with Gasteiger partial charge in [-0.25, -0.2) is 4.68 Å². The third kappa shape index (κ3) is 4.33. The maximum absolute atomic E-state index is 13.3. The molecule has 3 aromatic rings. The molecule has 1 fully saturated rings. The van der Waals surface area contributed by atoms with E-state index in [9.17, 15) is 14.7 Å². The molecule has 8 nitrogen and oxygen atoms in total. The first-order valence-corrected chi connectivity index (χ1v) is 11.3. The van der Waals surface area contributed by atoms with Crippen molar-refractivity contribution in [3.05, 3.63) is 41.6 Å². The van der Waals surface area contributed by atoms with E-state index in [0.717, 1.165) is 12.8 Å². The minimum atomic E-state index is -0.388. The Balaban J connectivity index is 1.69. The van der Waals surface area contributed by atoms with Crippen LogP contribution in [0.15, 0.2) is 30.3 Å². The number of aliphatic hydroxyl groups is 1. The Morgan fingerprint density at radius 2 is 2.00 bits per heavy atom. The Kier molecular flexibility index (Phi) is 5.81. The van der Waals surface area contributed by atoms with Crippen LogP contribution in [0.25, 0.3) is 10.3 Å². The number of carbonyl (C=O) groups is 2. The average Bonchev–Trinajstić information content (AvgIpc) is 3.32. The van der Waals surface area contributed by atoms with Gasteiger partial charge in [-0.15, -0.1) is 0 Å². The minimum Gasteiger partial charge on any atom is -0.396 e. The van der Waals surface area contributed by atoms with Crippen LogP contribution in [0.1, 0.15) is 54.5 Å². The fourth-order valence-electron chi connectivity index (χ4n) is 3.77. The molecule has 2 amide bonds. The summed E-state index contributed by atoms with van der Waals surface area (Å²) in [7, 11) is 0. The second-order valence-corrected chi connectivity index (χ2v) is 9.86. The van der Waals surface area contributed by atoms with Gasteiger partial charge in [0.15, 0.2) is 16.5 Å². The number of amides is 2. The number of nitrogens with zero attached hydrogens (tertiary/aromatic N) is 4. The van der Waals surface area contributed by atoms with Crippen molar-refractivity contribution in [1.82, 2.24) is 19.7 Å². The molecular formula is C22H27N5O3S. The van der Waals surface area contributed by atoms with Crippen molar-refractivity contribution in [3.8, 4) is 0 Å². The maximum atomic E-state index is 13.3. The summed E-state index contributed by atoms with van der Waals surface area (Å²) in [5, 5.41) is 17.4. The van der Waals surface area contributed by atoms with Crippen molar-refractivity contribution in [2.75, 3.05) is 25.0 Å². The first kappa shape index (κ1) is 21.5. The molecule has 2 N–H and O–H groups in total. The van der Waals surface area contributed by atoms with E-state index < -0.39 is 0 Å². The molecular weight excluding hydrogens is 414 g/mol. The van der Waals surface area contributed by atoms with Crippen LogP contribution < -0.4 is 5.32 Å². The van der Waals surface area contributed by atoms with E-state index in [1.54, 1.807) is 33.8 Å². The number of aromatic nitrogens is 3. The van der Waals surface area contributed by atoms with E-state index in [2.05, 4.69) is 15.4 Å². The van der Waals surface area contributed by atoms with Crippen LogP contribution in [0, 0.1) is 5.92 Å². The van der Waals surface area contributed by atoms with Gasteiger partial charge < -0.3 is 10.0 Å². The summed E-state index contributed by atoms with van der Waals surface area (Å²) in [5.41, 5.74) is 1.08. The van der Waals surface area contributed by atoms with Gasteiger partial charge in [-0.05, 0) is 51.7 Å². The molecule has 1 atom stereocenters. The number of piperidine rings is 1. The highest BCUT2D eigenvalue weighted by Gasteiger charge is 2.31. The summed E-state index contributed by atoms with van der Waals surface area (Å²) < 4.78 is 2.41. The molecule has 164 valence electrons. The molecule has 0 spiro atoms. The third-order valence-corrected chi connectivity index (χ3v) is 6.35. The number of fused-ring (bicyclic) bond motifs is 1. The molecule has 1 aliphatic rings. The quantitative estimate of drug-likeness (QED) is 0.647. The number of anilines is 1. The number of thiazole rings is 1. The Labute approximate surface area is 184 Å². The van der Waals surface area contributed by atoms with Gasteiger partial charge in [0.05, 0.1) is 5.54 Å². The predicted octanol–water partition coefficient (Wildman–Crippen LogP) is 3.34. The summed E-state index contributed by atoms with van der Waals surface area (Å²) in [5.74, 6) is -0.308. The van der Waals surface area contributed by atoms with Crippen molar-refractivity contribution >= 4 is 38.6 Å². The highest BCUT2D eigenvalue weighted by molar-refractivity contribution is 7.22. The van der Waals surface area contributed by atoms with Crippen LogP contribution in [-0.4, -0.2) is 56.3 Å². The fourth-order valence-corrected chi connectivity index (χ4v) is 4.69. The normalized spacial score (nSPS) is 17.2. The maximum Gasteiger partial charge on any atom is 0.275 e. The first-order valence-electron chi connectivity index (χ1n) is 10.4. The second-order valence-electron chi connectivity index (χ2n) is 8.87. The Morgan fingerprint density at radius 3 is 2.68 bits per heavy atom. The van der Waals surface area contributed by atoms with Crippen molar-refractivity contribution < 1.29 is 14.7 Å². The average molecular weight is 442 g/mol.